The first-order valence-electron chi connectivity index (χ1n) is 8.69. The third kappa shape index (κ3) is 3.08. The van der Waals surface area contributed by atoms with Crippen LogP contribution in [0.3, 0.4) is 0 Å². The van der Waals surface area contributed by atoms with Gasteiger partial charge in [-0.15, -0.1) is 0 Å². The van der Waals surface area contributed by atoms with E-state index in [1.807, 2.05) is 72.8 Å². The smallest absolute Gasteiger partial charge is 0.258 e. The molecule has 27 heavy (non-hydrogen) atoms. The van der Waals surface area contributed by atoms with E-state index < -0.39 is 6.04 Å². The molecule has 0 spiro atoms. The van der Waals surface area contributed by atoms with Crippen molar-refractivity contribution in [3.05, 3.63) is 78.4 Å². The summed E-state index contributed by atoms with van der Waals surface area (Å²) in [7, 11) is 3.25. The van der Waals surface area contributed by atoms with Crippen LogP contribution in [-0.2, 0) is 4.79 Å². The Morgan fingerprint density at radius 1 is 0.815 bits per heavy atom. The molecule has 4 rings (SSSR count). The summed E-state index contributed by atoms with van der Waals surface area (Å²) in [6.45, 7) is 0. The van der Waals surface area contributed by atoms with Crippen LogP contribution in [0.15, 0.2) is 72.8 Å². The van der Waals surface area contributed by atoms with Crippen LogP contribution in [0.1, 0.15) is 11.6 Å². The second kappa shape index (κ2) is 7.03. The molecule has 0 aliphatic carbocycles. The molecule has 5 nitrogen and oxygen atoms in total. The third-order valence-corrected chi connectivity index (χ3v) is 4.69. The average molecular weight is 360 g/mol. The summed E-state index contributed by atoms with van der Waals surface area (Å²) in [5.41, 5.74) is 3.42. The molecule has 136 valence electrons. The molecule has 0 saturated carbocycles. The highest BCUT2D eigenvalue weighted by Gasteiger charge is 2.34. The summed E-state index contributed by atoms with van der Waals surface area (Å²) < 4.78 is 10.5. The molecule has 1 N–H and O–H groups in total. The SMILES string of the molecule is COc1ccc(C2Nc3ccccc3N(c3ccc(OC)cc3)C2=O)cc1. The number of nitrogens with zero attached hydrogens (tertiary/aromatic N) is 1. The minimum Gasteiger partial charge on any atom is -0.497 e. The molecule has 0 fully saturated rings. The maximum atomic E-state index is 13.4. The van der Waals surface area contributed by atoms with Crippen LogP contribution in [0, 0.1) is 0 Å². The summed E-state index contributed by atoms with van der Waals surface area (Å²) in [6, 6.07) is 22.4. The summed E-state index contributed by atoms with van der Waals surface area (Å²) in [4.78, 5) is 15.1. The number of benzene rings is 3. The van der Waals surface area contributed by atoms with Gasteiger partial charge < -0.3 is 14.8 Å². The number of ether oxygens (including phenoxy) is 2. The zero-order chi connectivity index (χ0) is 18.8. The number of para-hydroxylation sites is 2. The van der Waals surface area contributed by atoms with Crippen LogP contribution >= 0.6 is 0 Å². The van der Waals surface area contributed by atoms with Gasteiger partial charge in [0, 0.05) is 5.69 Å². The number of amides is 1. The van der Waals surface area contributed by atoms with E-state index in [9.17, 15) is 4.79 Å². The molecule has 0 radical (unpaired) electrons. The molecule has 3 aromatic carbocycles. The molecule has 1 atom stereocenters. The molecule has 1 unspecified atom stereocenters. The molecule has 0 bridgehead atoms. The van der Waals surface area contributed by atoms with Crippen LogP contribution in [0.25, 0.3) is 0 Å². The molecule has 0 saturated heterocycles. The predicted octanol–water partition coefficient (Wildman–Crippen LogP) is 4.54. The number of hydrogen-bond acceptors (Lipinski definition) is 4. The van der Waals surface area contributed by atoms with Crippen molar-refractivity contribution in [2.45, 2.75) is 6.04 Å². The lowest BCUT2D eigenvalue weighted by Gasteiger charge is -2.35. The fraction of sp³-hybridized carbons (Fsp3) is 0.136. The van der Waals surface area contributed by atoms with E-state index in [-0.39, 0.29) is 5.91 Å². The van der Waals surface area contributed by atoms with E-state index in [1.54, 1.807) is 19.1 Å². The van der Waals surface area contributed by atoms with Gasteiger partial charge in [0.25, 0.3) is 5.91 Å². The van der Waals surface area contributed by atoms with Gasteiger partial charge in [-0.2, -0.15) is 0 Å². The van der Waals surface area contributed by atoms with Gasteiger partial charge in [0.2, 0.25) is 0 Å². The van der Waals surface area contributed by atoms with Gasteiger partial charge in [0.05, 0.1) is 25.6 Å². The Morgan fingerprint density at radius 3 is 2.04 bits per heavy atom. The molecule has 0 aromatic heterocycles. The molecule has 1 aliphatic heterocycles. The Balaban J connectivity index is 1.77. The lowest BCUT2D eigenvalue weighted by Crippen LogP contribution is -2.39. The zero-order valence-electron chi connectivity index (χ0n) is 15.2. The van der Waals surface area contributed by atoms with Gasteiger partial charge in [-0.3, -0.25) is 9.69 Å². The number of nitrogens with one attached hydrogen (secondary N) is 1. The van der Waals surface area contributed by atoms with Crippen LogP contribution in [0.5, 0.6) is 11.5 Å². The molecular weight excluding hydrogens is 340 g/mol. The van der Waals surface area contributed by atoms with E-state index in [0.717, 1.165) is 34.1 Å². The predicted molar refractivity (Wildman–Crippen MR) is 106 cm³/mol. The monoisotopic (exact) mass is 360 g/mol. The van der Waals surface area contributed by atoms with Crippen molar-refractivity contribution in [2.75, 3.05) is 24.4 Å². The number of carbonyl (C=O) groups is 1. The summed E-state index contributed by atoms with van der Waals surface area (Å²) in [6.07, 6.45) is 0. The van der Waals surface area contributed by atoms with E-state index in [4.69, 9.17) is 9.47 Å². The van der Waals surface area contributed by atoms with Gasteiger partial charge in [-0.1, -0.05) is 24.3 Å². The van der Waals surface area contributed by atoms with Crippen molar-refractivity contribution in [2.24, 2.45) is 0 Å². The molecule has 3 aromatic rings. The highest BCUT2D eigenvalue weighted by Crippen LogP contribution is 2.41. The van der Waals surface area contributed by atoms with Gasteiger partial charge in [0.1, 0.15) is 17.5 Å². The summed E-state index contributed by atoms with van der Waals surface area (Å²) in [5, 5.41) is 3.37. The van der Waals surface area contributed by atoms with Crippen molar-refractivity contribution >= 4 is 23.0 Å². The fourth-order valence-corrected chi connectivity index (χ4v) is 3.28. The van der Waals surface area contributed by atoms with E-state index in [0.29, 0.717) is 0 Å². The molecule has 1 amide bonds. The first kappa shape index (κ1) is 17.0. The van der Waals surface area contributed by atoms with Crippen LogP contribution in [-0.4, -0.2) is 20.1 Å². The highest BCUT2D eigenvalue weighted by atomic mass is 16.5. The molecular formula is C22H20N2O3. The lowest BCUT2D eigenvalue weighted by atomic mass is 10.0. The number of carbonyl (C=O) groups excluding carboxylic acids is 1. The molecule has 5 heteroatoms. The largest absolute Gasteiger partial charge is 0.497 e. The van der Waals surface area contributed by atoms with Crippen LogP contribution in [0.4, 0.5) is 17.1 Å². The first-order valence-corrected chi connectivity index (χ1v) is 8.69. The second-order valence-corrected chi connectivity index (χ2v) is 6.24. The van der Waals surface area contributed by atoms with E-state index >= 15 is 0 Å². The highest BCUT2D eigenvalue weighted by molar-refractivity contribution is 6.10. The number of fused-ring (bicyclic) bond motifs is 1. The maximum absolute atomic E-state index is 13.4. The molecule has 1 heterocycles. The van der Waals surface area contributed by atoms with Gasteiger partial charge in [-0.25, -0.2) is 0 Å². The molecule has 1 aliphatic rings. The lowest BCUT2D eigenvalue weighted by molar-refractivity contribution is -0.118. The number of methoxy groups -OCH3 is 2. The van der Waals surface area contributed by atoms with Crippen LogP contribution in [0.2, 0.25) is 0 Å². The first-order chi connectivity index (χ1) is 13.2. The Hall–Kier alpha value is -3.47. The average Bonchev–Trinajstić information content (AvgIpc) is 2.73. The van der Waals surface area contributed by atoms with E-state index in [2.05, 4.69) is 5.32 Å². The van der Waals surface area contributed by atoms with Crippen LogP contribution < -0.4 is 19.7 Å². The second-order valence-electron chi connectivity index (χ2n) is 6.24. The summed E-state index contributed by atoms with van der Waals surface area (Å²) >= 11 is 0. The van der Waals surface area contributed by atoms with Gasteiger partial charge >= 0.3 is 0 Å². The quantitative estimate of drug-likeness (QED) is 0.742. The van der Waals surface area contributed by atoms with Crippen molar-refractivity contribution in [3.63, 3.8) is 0 Å². The van der Waals surface area contributed by atoms with Crippen molar-refractivity contribution in [3.8, 4) is 11.5 Å². The third-order valence-electron chi connectivity index (χ3n) is 4.69. The Labute approximate surface area is 158 Å². The van der Waals surface area contributed by atoms with Crippen molar-refractivity contribution < 1.29 is 14.3 Å². The minimum atomic E-state index is -0.479. The Morgan fingerprint density at radius 2 is 1.41 bits per heavy atom. The van der Waals surface area contributed by atoms with E-state index in [1.165, 1.54) is 0 Å². The minimum absolute atomic E-state index is 0.0379. The van der Waals surface area contributed by atoms with Crippen molar-refractivity contribution in [1.82, 2.24) is 0 Å². The standard InChI is InChI=1S/C22H20N2O3/c1-26-17-11-7-15(8-12-17)21-22(25)24(16-9-13-18(27-2)14-10-16)20-6-4-3-5-19(20)23-21/h3-14,21,23H,1-2H3. The number of rotatable bonds is 4. The maximum Gasteiger partial charge on any atom is 0.258 e. The Bertz CT molecular complexity index is 952. The normalized spacial score (nSPS) is 15.7. The topological polar surface area (TPSA) is 50.8 Å². The Kier molecular flexibility index (Phi) is 4.42. The van der Waals surface area contributed by atoms with Crippen molar-refractivity contribution in [1.29, 1.82) is 0 Å². The number of hydrogen-bond donors (Lipinski definition) is 1. The zero-order valence-corrected chi connectivity index (χ0v) is 15.2. The van der Waals surface area contributed by atoms with Gasteiger partial charge in [0.15, 0.2) is 0 Å². The number of anilines is 3. The van der Waals surface area contributed by atoms with Gasteiger partial charge in [-0.05, 0) is 54.1 Å². The summed E-state index contributed by atoms with van der Waals surface area (Å²) in [5.74, 6) is 1.47. The fourth-order valence-electron chi connectivity index (χ4n) is 3.28.